The van der Waals surface area contributed by atoms with E-state index in [1.807, 2.05) is 43.5 Å². The highest BCUT2D eigenvalue weighted by Gasteiger charge is 2.37. The fraction of sp³-hybridized carbons (Fsp3) is 0.296. The molecule has 2 aromatic carbocycles. The van der Waals surface area contributed by atoms with E-state index in [2.05, 4.69) is 46.8 Å². The predicted molar refractivity (Wildman–Crippen MR) is 129 cm³/mol. The molecule has 34 heavy (non-hydrogen) atoms. The number of aryl methyl sites for hydroxylation is 1. The Bertz CT molecular complexity index is 1280. The van der Waals surface area contributed by atoms with Crippen molar-refractivity contribution in [2.75, 3.05) is 11.9 Å². The summed E-state index contributed by atoms with van der Waals surface area (Å²) in [5, 5.41) is 11.4. The summed E-state index contributed by atoms with van der Waals surface area (Å²) in [5.74, 6) is 1.38. The smallest absolute Gasteiger partial charge is 0.278 e. The van der Waals surface area contributed by atoms with Gasteiger partial charge in [-0.1, -0.05) is 54.5 Å². The molecule has 0 fully saturated rings. The number of ether oxygens (including phenoxy) is 1. The molecule has 7 nitrogen and oxygen atoms in total. The number of nitrogens with one attached hydrogen (secondary N) is 1. The molecule has 1 aliphatic rings. The highest BCUT2D eigenvalue weighted by atomic mass is 16.5. The second-order valence-electron chi connectivity index (χ2n) is 8.99. The zero-order valence-electron chi connectivity index (χ0n) is 19.5. The molecule has 4 aromatic rings. The van der Waals surface area contributed by atoms with Gasteiger partial charge in [-0.05, 0) is 48.4 Å². The molecule has 174 valence electrons. The van der Waals surface area contributed by atoms with Crippen LogP contribution in [0.4, 0.5) is 5.69 Å². The normalized spacial score (nSPS) is 17.2. The minimum Gasteiger partial charge on any atom is -0.494 e. The molecule has 0 radical (unpaired) electrons. The second-order valence-corrected chi connectivity index (χ2v) is 8.99. The number of carbonyl (C=O) groups is 1. The number of hydrogen-bond acceptors (Lipinski definition) is 5. The van der Waals surface area contributed by atoms with E-state index >= 15 is 0 Å². The lowest BCUT2D eigenvalue weighted by Crippen LogP contribution is -2.31. The maximum absolute atomic E-state index is 13.1. The van der Waals surface area contributed by atoms with Crippen molar-refractivity contribution in [2.24, 2.45) is 0 Å². The van der Waals surface area contributed by atoms with Crippen LogP contribution in [-0.2, 0) is 24.8 Å². The molecule has 7 heteroatoms. The number of anilines is 1. The number of rotatable bonds is 7. The monoisotopic (exact) mass is 456 g/mol. The molecule has 2 heterocycles. The van der Waals surface area contributed by atoms with Crippen LogP contribution in [0.15, 0.2) is 71.5 Å². The van der Waals surface area contributed by atoms with Crippen molar-refractivity contribution >= 4 is 11.6 Å². The van der Waals surface area contributed by atoms with E-state index in [9.17, 15) is 4.79 Å². The Kier molecular flexibility index (Phi) is 5.92. The Morgan fingerprint density at radius 3 is 2.74 bits per heavy atom. The van der Waals surface area contributed by atoms with Gasteiger partial charge in [-0.3, -0.25) is 9.48 Å². The number of nitrogens with zero attached hydrogens (tertiary/aromatic N) is 3. The van der Waals surface area contributed by atoms with Crippen LogP contribution in [0, 0.1) is 0 Å². The van der Waals surface area contributed by atoms with Crippen molar-refractivity contribution < 1.29 is 14.1 Å². The van der Waals surface area contributed by atoms with Gasteiger partial charge in [-0.15, -0.1) is 0 Å². The average molecular weight is 457 g/mol. The Morgan fingerprint density at radius 1 is 1.18 bits per heavy atom. The molecule has 2 aromatic heterocycles. The fourth-order valence-electron chi connectivity index (χ4n) is 4.60. The topological polar surface area (TPSA) is 82.2 Å². The number of fused-ring (bicyclic) bond motifs is 1. The maximum atomic E-state index is 13.1. The Labute approximate surface area is 198 Å². The zero-order chi connectivity index (χ0) is 23.5. The summed E-state index contributed by atoms with van der Waals surface area (Å²) in [4.78, 5) is 13.1. The van der Waals surface area contributed by atoms with E-state index in [0.717, 1.165) is 41.9 Å². The van der Waals surface area contributed by atoms with E-state index in [4.69, 9.17) is 9.26 Å². The molecule has 1 unspecified atom stereocenters. The molecule has 1 amide bonds. The highest BCUT2D eigenvalue weighted by molar-refractivity contribution is 6.03. The first-order valence-electron chi connectivity index (χ1n) is 11.6. The highest BCUT2D eigenvalue weighted by Crippen LogP contribution is 2.39. The molecule has 1 aliphatic carbocycles. The van der Waals surface area contributed by atoms with Gasteiger partial charge in [-0.2, -0.15) is 5.10 Å². The van der Waals surface area contributed by atoms with Crippen molar-refractivity contribution in [3.8, 4) is 5.75 Å². The number of amides is 1. The second kappa shape index (κ2) is 9.17. The number of hydrogen-bond donors (Lipinski definition) is 1. The summed E-state index contributed by atoms with van der Waals surface area (Å²) < 4.78 is 12.8. The average Bonchev–Trinajstić information content (AvgIpc) is 3.47. The summed E-state index contributed by atoms with van der Waals surface area (Å²) in [5.41, 5.74) is 4.18. The Hall–Kier alpha value is -3.87. The molecular weight excluding hydrogens is 428 g/mol. The lowest BCUT2D eigenvalue weighted by molar-refractivity contribution is 0.101. The molecule has 5 rings (SSSR count). The first-order chi connectivity index (χ1) is 16.5. The lowest BCUT2D eigenvalue weighted by Gasteiger charge is -2.33. The van der Waals surface area contributed by atoms with Crippen LogP contribution in [0.25, 0.3) is 0 Å². The molecule has 1 N–H and O–H groups in total. The molecule has 0 bridgehead atoms. The van der Waals surface area contributed by atoms with Gasteiger partial charge in [0.1, 0.15) is 11.5 Å². The van der Waals surface area contributed by atoms with E-state index in [1.165, 1.54) is 5.56 Å². The van der Waals surface area contributed by atoms with Crippen LogP contribution in [0.2, 0.25) is 0 Å². The predicted octanol–water partition coefficient (Wildman–Crippen LogP) is 5.02. The van der Waals surface area contributed by atoms with E-state index in [-0.39, 0.29) is 11.3 Å². The van der Waals surface area contributed by atoms with Crippen molar-refractivity contribution in [2.45, 2.75) is 45.1 Å². The number of aromatic nitrogens is 3. The van der Waals surface area contributed by atoms with E-state index in [1.54, 1.807) is 10.9 Å². The quantitative estimate of drug-likeness (QED) is 0.422. The van der Waals surface area contributed by atoms with Crippen molar-refractivity contribution in [1.82, 2.24) is 14.9 Å². The third-order valence-electron chi connectivity index (χ3n) is 6.50. The minimum absolute atomic E-state index is 0.0581. The standard InChI is InChI=1S/C27H28N4O3/c1-3-33-22-11-9-19(10-12-22)17-31-18-21(16-28-31)29-26(32)25-23-15-27(2,14-13-24(23)34-30-25)20-7-5-4-6-8-20/h4-12,16,18H,3,13-15,17H2,1-2H3,(H,29,32). The third-order valence-corrected chi connectivity index (χ3v) is 6.50. The van der Waals surface area contributed by atoms with Gasteiger partial charge < -0.3 is 14.6 Å². The number of carbonyl (C=O) groups excluding carboxylic acids is 1. The van der Waals surface area contributed by atoms with Crippen LogP contribution in [-0.4, -0.2) is 27.5 Å². The van der Waals surface area contributed by atoms with Gasteiger partial charge in [0.2, 0.25) is 0 Å². The summed E-state index contributed by atoms with van der Waals surface area (Å²) in [6.07, 6.45) is 5.90. The van der Waals surface area contributed by atoms with Crippen LogP contribution >= 0.6 is 0 Å². The molecule has 0 aliphatic heterocycles. The maximum Gasteiger partial charge on any atom is 0.278 e. The van der Waals surface area contributed by atoms with Gasteiger partial charge in [0, 0.05) is 18.2 Å². The Balaban J connectivity index is 1.27. The van der Waals surface area contributed by atoms with E-state index in [0.29, 0.717) is 24.5 Å². The van der Waals surface area contributed by atoms with Gasteiger partial charge in [0.05, 0.1) is 25.0 Å². The van der Waals surface area contributed by atoms with Gasteiger partial charge in [0.25, 0.3) is 5.91 Å². The van der Waals surface area contributed by atoms with Gasteiger partial charge in [-0.25, -0.2) is 0 Å². The van der Waals surface area contributed by atoms with Gasteiger partial charge >= 0.3 is 0 Å². The summed E-state index contributed by atoms with van der Waals surface area (Å²) >= 11 is 0. The lowest BCUT2D eigenvalue weighted by atomic mass is 9.70. The largest absolute Gasteiger partial charge is 0.494 e. The SMILES string of the molecule is CCOc1ccc(Cn2cc(NC(=O)c3noc4c3CC(C)(c3ccccc3)CC4)cn2)cc1. The first kappa shape index (κ1) is 21.9. The van der Waals surface area contributed by atoms with Crippen LogP contribution in [0.3, 0.4) is 0 Å². The molecule has 0 spiro atoms. The minimum atomic E-state index is -0.275. The molecular formula is C27H28N4O3. The summed E-state index contributed by atoms with van der Waals surface area (Å²) in [6.45, 7) is 5.44. The molecule has 1 atom stereocenters. The number of benzene rings is 2. The van der Waals surface area contributed by atoms with E-state index < -0.39 is 0 Å². The first-order valence-corrected chi connectivity index (χ1v) is 11.6. The van der Waals surface area contributed by atoms with Crippen molar-refractivity contribution in [3.05, 3.63) is 95.1 Å². The van der Waals surface area contributed by atoms with Crippen LogP contribution in [0.5, 0.6) is 5.75 Å². The van der Waals surface area contributed by atoms with Crippen LogP contribution < -0.4 is 10.1 Å². The summed E-state index contributed by atoms with van der Waals surface area (Å²) in [7, 11) is 0. The molecule has 0 saturated carbocycles. The van der Waals surface area contributed by atoms with Crippen molar-refractivity contribution in [3.63, 3.8) is 0 Å². The fourth-order valence-corrected chi connectivity index (χ4v) is 4.60. The van der Waals surface area contributed by atoms with Crippen molar-refractivity contribution in [1.29, 1.82) is 0 Å². The van der Waals surface area contributed by atoms with Gasteiger partial charge in [0.15, 0.2) is 5.69 Å². The zero-order valence-corrected chi connectivity index (χ0v) is 19.5. The third kappa shape index (κ3) is 4.46. The Morgan fingerprint density at radius 2 is 1.97 bits per heavy atom. The van der Waals surface area contributed by atoms with Crippen LogP contribution in [0.1, 0.15) is 53.2 Å². The molecule has 0 saturated heterocycles. The summed E-state index contributed by atoms with van der Waals surface area (Å²) in [6, 6.07) is 18.4.